The molecule has 7 aromatic carbocycles. The highest BCUT2D eigenvalue weighted by Gasteiger charge is 2.20. The van der Waals surface area contributed by atoms with Crippen LogP contribution in [0.1, 0.15) is 0 Å². The molecule has 222 valence electrons. The number of rotatable bonds is 4. The molecule has 47 heavy (non-hydrogen) atoms. The summed E-state index contributed by atoms with van der Waals surface area (Å²) in [6, 6.07) is 52.3. The fourth-order valence-electron chi connectivity index (χ4n) is 7.27. The van der Waals surface area contributed by atoms with E-state index in [1.54, 1.807) is 6.07 Å². The number of nitrogens with one attached hydrogen (secondary N) is 1. The normalized spacial score (nSPS) is 11.9. The maximum Gasteiger partial charge on any atom is 0.160 e. The van der Waals surface area contributed by atoms with Crippen LogP contribution in [0.2, 0.25) is 0 Å². The number of benzene rings is 7. The van der Waals surface area contributed by atoms with Gasteiger partial charge in [0.15, 0.2) is 5.58 Å². The van der Waals surface area contributed by atoms with Crippen LogP contribution in [0.4, 0.5) is 5.69 Å². The van der Waals surface area contributed by atoms with Crippen LogP contribution in [-0.4, -0.2) is 14.3 Å². The fraction of sp³-hybridized carbons (Fsp3) is 0. The number of aromatic nitrogens is 2. The molecule has 5 nitrogen and oxygen atoms in total. The van der Waals surface area contributed by atoms with Crippen molar-refractivity contribution in [2.24, 2.45) is 0 Å². The van der Waals surface area contributed by atoms with Crippen LogP contribution in [0.25, 0.3) is 82.4 Å². The molecule has 0 bridgehead atoms. The van der Waals surface area contributed by atoms with E-state index < -0.39 is 0 Å². The zero-order valence-corrected chi connectivity index (χ0v) is 25.2. The molecular formula is C42H27N3O2. The van der Waals surface area contributed by atoms with Gasteiger partial charge in [-0.05, 0) is 77.9 Å². The second kappa shape index (κ2) is 9.77. The Morgan fingerprint density at radius 1 is 0.489 bits per heavy atom. The standard InChI is InChI=1S/C42H27N3O2/c46-39-16-8-6-14-35(39)43-45-37-15-7-4-12-29(37)33-24-27(19-23-38(33)45)26-18-22-36-34(25-26)31-20-21-32-30-13-5-9-17-40(30)47-42(32)41(31)44(36)28-10-2-1-3-11-28/h1-25,43,46H. The number of aromatic hydroxyl groups is 1. The largest absolute Gasteiger partial charge is 0.506 e. The van der Waals surface area contributed by atoms with Crippen LogP contribution >= 0.6 is 0 Å². The number of phenols is 1. The number of fused-ring (bicyclic) bond motifs is 10. The maximum atomic E-state index is 10.5. The molecule has 0 radical (unpaired) electrons. The van der Waals surface area contributed by atoms with Crippen LogP contribution in [0.15, 0.2) is 156 Å². The number of hydrogen-bond donors (Lipinski definition) is 2. The zero-order chi connectivity index (χ0) is 31.1. The summed E-state index contributed by atoms with van der Waals surface area (Å²) in [5.74, 6) is 0.206. The SMILES string of the molecule is Oc1ccccc1Nn1c2ccccc2c2cc(-c3ccc4c(c3)c3ccc5c6ccccc6oc5c3n4-c3ccccc3)ccc21. The van der Waals surface area contributed by atoms with Gasteiger partial charge in [-0.3, -0.25) is 10.1 Å². The maximum absolute atomic E-state index is 10.5. The monoisotopic (exact) mass is 605 g/mol. The Hall–Kier alpha value is -6.46. The summed E-state index contributed by atoms with van der Waals surface area (Å²) in [7, 11) is 0. The first-order valence-electron chi connectivity index (χ1n) is 15.8. The first-order valence-corrected chi connectivity index (χ1v) is 15.8. The lowest BCUT2D eigenvalue weighted by molar-refractivity contribution is 0.477. The lowest BCUT2D eigenvalue weighted by Gasteiger charge is -2.12. The third kappa shape index (κ3) is 3.77. The van der Waals surface area contributed by atoms with Gasteiger partial charge in [-0.2, -0.15) is 0 Å². The van der Waals surface area contributed by atoms with Gasteiger partial charge in [0.2, 0.25) is 0 Å². The zero-order valence-electron chi connectivity index (χ0n) is 25.2. The number of nitrogens with zero attached hydrogens (tertiary/aromatic N) is 2. The minimum Gasteiger partial charge on any atom is -0.506 e. The molecule has 10 rings (SSSR count). The van der Waals surface area contributed by atoms with Crippen molar-refractivity contribution in [3.63, 3.8) is 0 Å². The Balaban J connectivity index is 1.20. The molecule has 2 N–H and O–H groups in total. The van der Waals surface area contributed by atoms with Gasteiger partial charge in [-0.1, -0.05) is 84.9 Å². The molecular weight excluding hydrogens is 578 g/mol. The number of anilines is 1. The Morgan fingerprint density at radius 3 is 1.96 bits per heavy atom. The molecule has 0 aliphatic heterocycles. The third-order valence-electron chi connectivity index (χ3n) is 9.43. The lowest BCUT2D eigenvalue weighted by atomic mass is 10.0. The van der Waals surface area contributed by atoms with Gasteiger partial charge in [-0.15, -0.1) is 0 Å². The summed E-state index contributed by atoms with van der Waals surface area (Å²) in [6.45, 7) is 0. The summed E-state index contributed by atoms with van der Waals surface area (Å²) < 4.78 is 11.0. The molecule has 0 atom stereocenters. The highest BCUT2D eigenvalue weighted by molar-refractivity contribution is 6.22. The number of para-hydroxylation sites is 5. The molecule has 5 heteroatoms. The van der Waals surface area contributed by atoms with Gasteiger partial charge < -0.3 is 14.1 Å². The topological polar surface area (TPSA) is 55.3 Å². The van der Waals surface area contributed by atoms with Crippen molar-refractivity contribution >= 4 is 71.2 Å². The van der Waals surface area contributed by atoms with E-state index in [0.29, 0.717) is 5.69 Å². The van der Waals surface area contributed by atoms with Gasteiger partial charge in [0.05, 0.1) is 27.8 Å². The Labute approximate surface area is 269 Å². The lowest BCUT2D eigenvalue weighted by Crippen LogP contribution is -2.08. The summed E-state index contributed by atoms with van der Waals surface area (Å²) in [5, 5.41) is 17.3. The molecule has 0 saturated heterocycles. The summed E-state index contributed by atoms with van der Waals surface area (Å²) in [5.41, 5.74) is 13.5. The van der Waals surface area contributed by atoms with E-state index in [9.17, 15) is 5.11 Å². The van der Waals surface area contributed by atoms with E-state index in [2.05, 4.69) is 124 Å². The van der Waals surface area contributed by atoms with Crippen molar-refractivity contribution in [2.75, 3.05) is 5.43 Å². The van der Waals surface area contributed by atoms with Crippen LogP contribution in [0.3, 0.4) is 0 Å². The van der Waals surface area contributed by atoms with Crippen LogP contribution in [0.5, 0.6) is 5.75 Å². The van der Waals surface area contributed by atoms with Crippen molar-refractivity contribution < 1.29 is 9.52 Å². The number of hydrogen-bond acceptors (Lipinski definition) is 3. The predicted molar refractivity (Wildman–Crippen MR) is 194 cm³/mol. The van der Waals surface area contributed by atoms with E-state index >= 15 is 0 Å². The highest BCUT2D eigenvalue weighted by Crippen LogP contribution is 2.42. The van der Waals surface area contributed by atoms with Gasteiger partial charge in [0.25, 0.3) is 0 Å². The van der Waals surface area contributed by atoms with E-state index in [4.69, 9.17) is 4.42 Å². The van der Waals surface area contributed by atoms with Gasteiger partial charge in [0.1, 0.15) is 11.3 Å². The Bertz CT molecular complexity index is 2840. The Kier molecular flexibility index (Phi) is 5.37. The first-order chi connectivity index (χ1) is 23.2. The van der Waals surface area contributed by atoms with Crippen LogP contribution < -0.4 is 5.43 Å². The minimum absolute atomic E-state index is 0.206. The van der Waals surface area contributed by atoms with E-state index in [1.165, 1.54) is 5.39 Å². The van der Waals surface area contributed by atoms with Gasteiger partial charge >= 0.3 is 0 Å². The highest BCUT2D eigenvalue weighted by atomic mass is 16.3. The molecule has 3 heterocycles. The third-order valence-corrected chi connectivity index (χ3v) is 9.43. The summed E-state index contributed by atoms with van der Waals surface area (Å²) in [6.07, 6.45) is 0. The van der Waals surface area contributed by atoms with Crippen molar-refractivity contribution in [2.45, 2.75) is 0 Å². The van der Waals surface area contributed by atoms with Crippen LogP contribution in [-0.2, 0) is 0 Å². The molecule has 0 amide bonds. The molecule has 0 unspecified atom stereocenters. The summed E-state index contributed by atoms with van der Waals surface area (Å²) in [4.78, 5) is 0. The quantitative estimate of drug-likeness (QED) is 0.196. The number of phenolic OH excluding ortho intramolecular Hbond substituents is 1. The van der Waals surface area contributed by atoms with E-state index in [1.807, 2.05) is 36.4 Å². The minimum atomic E-state index is 0.206. The second-order valence-corrected chi connectivity index (χ2v) is 12.1. The molecule has 10 aromatic rings. The smallest absolute Gasteiger partial charge is 0.160 e. The first kappa shape index (κ1) is 25.8. The molecule has 0 aliphatic carbocycles. The van der Waals surface area contributed by atoms with Crippen molar-refractivity contribution in [3.8, 4) is 22.6 Å². The average Bonchev–Trinajstić information content (AvgIpc) is 3.77. The van der Waals surface area contributed by atoms with Crippen molar-refractivity contribution in [1.82, 2.24) is 9.24 Å². The van der Waals surface area contributed by atoms with Gasteiger partial charge in [0, 0.05) is 38.0 Å². The predicted octanol–water partition coefficient (Wildman–Crippen LogP) is 11.0. The van der Waals surface area contributed by atoms with Crippen molar-refractivity contribution in [1.29, 1.82) is 0 Å². The second-order valence-electron chi connectivity index (χ2n) is 12.1. The van der Waals surface area contributed by atoms with Crippen LogP contribution in [0, 0.1) is 0 Å². The molecule has 0 aliphatic rings. The van der Waals surface area contributed by atoms with Gasteiger partial charge in [-0.25, -0.2) is 0 Å². The molecule has 0 saturated carbocycles. The summed E-state index contributed by atoms with van der Waals surface area (Å²) >= 11 is 0. The number of furan rings is 1. The fourth-order valence-corrected chi connectivity index (χ4v) is 7.27. The van der Waals surface area contributed by atoms with E-state index in [-0.39, 0.29) is 5.75 Å². The van der Waals surface area contributed by atoms with Crippen molar-refractivity contribution in [3.05, 3.63) is 152 Å². The average molecular weight is 606 g/mol. The Morgan fingerprint density at radius 2 is 1.13 bits per heavy atom. The molecule has 0 fully saturated rings. The van der Waals surface area contributed by atoms with E-state index in [0.717, 1.165) is 77.0 Å². The molecule has 3 aromatic heterocycles. The molecule has 0 spiro atoms.